The SMILES string of the molecule is CC(/C=C/c1ccc2c(c1)CCN2CCCOC(=O)c1ccccc1)[N+](=O)[O-]. The molecule has 6 heteroatoms. The number of nitrogens with zero attached hydrogens (tertiary/aromatic N) is 2. The second-order valence-electron chi connectivity index (χ2n) is 6.87. The van der Waals surface area contributed by atoms with E-state index in [1.54, 1.807) is 31.2 Å². The van der Waals surface area contributed by atoms with Gasteiger partial charge in [0.1, 0.15) is 0 Å². The van der Waals surface area contributed by atoms with Crippen LogP contribution in [0.3, 0.4) is 0 Å². The molecule has 0 aromatic heterocycles. The van der Waals surface area contributed by atoms with Crippen LogP contribution in [-0.4, -0.2) is 36.6 Å². The topological polar surface area (TPSA) is 72.7 Å². The molecule has 1 atom stereocenters. The highest BCUT2D eigenvalue weighted by molar-refractivity contribution is 5.89. The lowest BCUT2D eigenvalue weighted by Crippen LogP contribution is -2.23. The Kier molecular flexibility index (Phi) is 6.42. The molecule has 2 aromatic rings. The van der Waals surface area contributed by atoms with Crippen molar-refractivity contribution in [1.82, 2.24) is 0 Å². The van der Waals surface area contributed by atoms with Gasteiger partial charge in [-0.3, -0.25) is 10.1 Å². The molecule has 28 heavy (non-hydrogen) atoms. The minimum absolute atomic E-state index is 0.289. The Bertz CT molecular complexity index is 864. The zero-order valence-corrected chi connectivity index (χ0v) is 15.9. The number of carbonyl (C=O) groups excluding carboxylic acids is 1. The van der Waals surface area contributed by atoms with Crippen molar-refractivity contribution in [1.29, 1.82) is 0 Å². The summed E-state index contributed by atoms with van der Waals surface area (Å²) in [6, 6.07) is 14.4. The molecule has 3 rings (SSSR count). The maximum atomic E-state index is 11.9. The summed E-state index contributed by atoms with van der Waals surface area (Å²) in [4.78, 5) is 24.6. The first kappa shape index (κ1) is 19.6. The highest BCUT2D eigenvalue weighted by Crippen LogP contribution is 2.29. The van der Waals surface area contributed by atoms with Crippen molar-refractivity contribution >= 4 is 17.7 Å². The summed E-state index contributed by atoms with van der Waals surface area (Å²) >= 11 is 0. The molecule has 0 saturated heterocycles. The van der Waals surface area contributed by atoms with Gasteiger partial charge in [-0.25, -0.2) is 4.79 Å². The summed E-state index contributed by atoms with van der Waals surface area (Å²) in [5.41, 5.74) is 3.98. The number of anilines is 1. The van der Waals surface area contributed by atoms with Gasteiger partial charge in [-0.1, -0.05) is 30.3 Å². The van der Waals surface area contributed by atoms with Gasteiger partial charge in [-0.15, -0.1) is 0 Å². The van der Waals surface area contributed by atoms with Crippen LogP contribution in [0, 0.1) is 10.1 Å². The van der Waals surface area contributed by atoms with Gasteiger partial charge in [-0.05, 0) is 54.3 Å². The monoisotopic (exact) mass is 380 g/mol. The van der Waals surface area contributed by atoms with Gasteiger partial charge in [0.2, 0.25) is 6.04 Å². The number of carbonyl (C=O) groups is 1. The number of hydrogen-bond acceptors (Lipinski definition) is 5. The van der Waals surface area contributed by atoms with Crippen molar-refractivity contribution in [2.75, 3.05) is 24.6 Å². The van der Waals surface area contributed by atoms with E-state index >= 15 is 0 Å². The molecule has 1 heterocycles. The molecule has 0 radical (unpaired) electrons. The van der Waals surface area contributed by atoms with Crippen molar-refractivity contribution in [2.24, 2.45) is 0 Å². The maximum absolute atomic E-state index is 11.9. The number of fused-ring (bicyclic) bond motifs is 1. The fourth-order valence-electron chi connectivity index (χ4n) is 3.22. The van der Waals surface area contributed by atoms with Crippen molar-refractivity contribution in [3.8, 4) is 0 Å². The third-order valence-corrected chi connectivity index (χ3v) is 4.81. The zero-order valence-electron chi connectivity index (χ0n) is 15.9. The Morgan fingerprint density at radius 2 is 2.07 bits per heavy atom. The molecule has 0 saturated carbocycles. The third-order valence-electron chi connectivity index (χ3n) is 4.81. The van der Waals surface area contributed by atoms with Gasteiger partial charge in [0.25, 0.3) is 0 Å². The van der Waals surface area contributed by atoms with E-state index in [-0.39, 0.29) is 10.9 Å². The van der Waals surface area contributed by atoms with Crippen LogP contribution in [-0.2, 0) is 11.2 Å². The van der Waals surface area contributed by atoms with Gasteiger partial charge in [0, 0.05) is 30.6 Å². The number of benzene rings is 2. The van der Waals surface area contributed by atoms with Crippen molar-refractivity contribution < 1.29 is 14.5 Å². The lowest BCUT2D eigenvalue weighted by Gasteiger charge is -2.19. The summed E-state index contributed by atoms with van der Waals surface area (Å²) in [6.07, 6.45) is 5.13. The molecular weight excluding hydrogens is 356 g/mol. The minimum Gasteiger partial charge on any atom is -0.462 e. The number of esters is 1. The Hall–Kier alpha value is -3.15. The van der Waals surface area contributed by atoms with E-state index in [0.29, 0.717) is 12.2 Å². The smallest absolute Gasteiger partial charge is 0.338 e. The lowest BCUT2D eigenvalue weighted by atomic mass is 10.1. The Morgan fingerprint density at radius 1 is 1.29 bits per heavy atom. The van der Waals surface area contributed by atoms with Crippen molar-refractivity contribution in [2.45, 2.75) is 25.8 Å². The fourth-order valence-corrected chi connectivity index (χ4v) is 3.22. The lowest BCUT2D eigenvalue weighted by molar-refractivity contribution is -0.504. The number of nitro groups is 1. The highest BCUT2D eigenvalue weighted by atomic mass is 16.6. The van der Waals surface area contributed by atoms with Crippen LogP contribution < -0.4 is 4.90 Å². The average molecular weight is 380 g/mol. The van der Waals surface area contributed by atoms with Crippen LogP contribution in [0.2, 0.25) is 0 Å². The first-order chi connectivity index (χ1) is 13.5. The summed E-state index contributed by atoms with van der Waals surface area (Å²) in [7, 11) is 0. The summed E-state index contributed by atoms with van der Waals surface area (Å²) in [6.45, 7) is 3.71. The van der Waals surface area contributed by atoms with Crippen LogP contribution in [0.5, 0.6) is 0 Å². The molecule has 0 spiro atoms. The predicted octanol–water partition coefficient (Wildman–Crippen LogP) is 3.97. The quantitative estimate of drug-likeness (QED) is 0.300. The molecule has 146 valence electrons. The molecule has 0 aliphatic carbocycles. The molecule has 1 unspecified atom stereocenters. The second kappa shape index (κ2) is 9.17. The molecule has 0 amide bonds. The van der Waals surface area contributed by atoms with E-state index in [1.165, 1.54) is 11.3 Å². The molecular formula is C22H24N2O4. The van der Waals surface area contributed by atoms with E-state index in [9.17, 15) is 14.9 Å². The first-order valence-corrected chi connectivity index (χ1v) is 9.46. The number of rotatable bonds is 8. The predicted molar refractivity (Wildman–Crippen MR) is 109 cm³/mol. The first-order valence-electron chi connectivity index (χ1n) is 9.46. The molecule has 6 nitrogen and oxygen atoms in total. The molecule has 0 N–H and O–H groups in total. The van der Waals surface area contributed by atoms with E-state index in [2.05, 4.69) is 17.0 Å². The van der Waals surface area contributed by atoms with Gasteiger partial charge in [0.05, 0.1) is 12.2 Å². The number of hydrogen-bond donors (Lipinski definition) is 0. The second-order valence-corrected chi connectivity index (χ2v) is 6.87. The minimum atomic E-state index is -0.691. The maximum Gasteiger partial charge on any atom is 0.338 e. The number of ether oxygens (including phenoxy) is 1. The third kappa shape index (κ3) is 4.97. The highest BCUT2D eigenvalue weighted by Gasteiger charge is 2.19. The zero-order chi connectivity index (χ0) is 19.9. The van der Waals surface area contributed by atoms with Crippen molar-refractivity contribution in [3.63, 3.8) is 0 Å². The van der Waals surface area contributed by atoms with Crippen LogP contribution >= 0.6 is 0 Å². The molecule has 0 bridgehead atoms. The van der Waals surface area contributed by atoms with Gasteiger partial charge in [-0.2, -0.15) is 0 Å². The van der Waals surface area contributed by atoms with E-state index in [4.69, 9.17) is 4.74 Å². The average Bonchev–Trinajstić information content (AvgIpc) is 3.12. The molecule has 1 aliphatic heterocycles. The van der Waals surface area contributed by atoms with E-state index < -0.39 is 6.04 Å². The van der Waals surface area contributed by atoms with Crippen LogP contribution in [0.15, 0.2) is 54.6 Å². The summed E-state index contributed by atoms with van der Waals surface area (Å²) in [5, 5.41) is 10.7. The summed E-state index contributed by atoms with van der Waals surface area (Å²) < 4.78 is 5.34. The van der Waals surface area contributed by atoms with E-state index in [0.717, 1.165) is 31.5 Å². The Balaban J connectivity index is 1.49. The Morgan fingerprint density at radius 3 is 2.82 bits per heavy atom. The fraction of sp³-hybridized carbons (Fsp3) is 0.318. The van der Waals surface area contributed by atoms with E-state index in [1.807, 2.05) is 24.3 Å². The standard InChI is InChI=1S/C22H24N2O4/c1-17(24(26)27)8-9-18-10-11-21-20(16-18)12-14-23(21)13-5-15-28-22(25)19-6-3-2-4-7-19/h2-4,6-11,16-17H,5,12-15H2,1H3/b9-8+. The van der Waals surface area contributed by atoms with Crippen LogP contribution in [0.25, 0.3) is 6.08 Å². The normalized spacial score (nSPS) is 14.1. The molecule has 1 aliphatic rings. The van der Waals surface area contributed by atoms with Crippen LogP contribution in [0.1, 0.15) is 34.8 Å². The van der Waals surface area contributed by atoms with Gasteiger partial charge in [0.15, 0.2) is 0 Å². The largest absolute Gasteiger partial charge is 0.462 e. The summed E-state index contributed by atoms with van der Waals surface area (Å²) in [5.74, 6) is -0.289. The Labute approximate surface area is 164 Å². The van der Waals surface area contributed by atoms with Crippen molar-refractivity contribution in [3.05, 3.63) is 81.4 Å². The van der Waals surface area contributed by atoms with Crippen LogP contribution in [0.4, 0.5) is 5.69 Å². The van der Waals surface area contributed by atoms with Gasteiger partial charge < -0.3 is 9.64 Å². The van der Waals surface area contributed by atoms with Gasteiger partial charge >= 0.3 is 5.97 Å². The molecule has 2 aromatic carbocycles. The molecule has 0 fully saturated rings.